The number of hydrogen-bond acceptors (Lipinski definition) is 2. The molecule has 92 valence electrons. The zero-order chi connectivity index (χ0) is 12.0. The first-order chi connectivity index (χ1) is 7.70. The van der Waals surface area contributed by atoms with Crippen LogP contribution in [-0.4, -0.2) is 35.1 Å². The molecule has 1 rings (SSSR count). The van der Waals surface area contributed by atoms with E-state index in [1.165, 1.54) is 6.42 Å². The maximum atomic E-state index is 12.1. The van der Waals surface area contributed by atoms with E-state index in [4.69, 9.17) is 5.11 Å². The van der Waals surface area contributed by atoms with Crippen LogP contribution in [0.1, 0.15) is 46.0 Å². The lowest BCUT2D eigenvalue weighted by atomic mass is 9.98. The van der Waals surface area contributed by atoms with E-state index >= 15 is 0 Å². The topological polar surface area (TPSA) is 40.5 Å². The summed E-state index contributed by atoms with van der Waals surface area (Å²) in [6.45, 7) is 4.94. The lowest BCUT2D eigenvalue weighted by Gasteiger charge is -2.35. The second-order valence-electron chi connectivity index (χ2n) is 4.46. The van der Waals surface area contributed by atoms with Crippen molar-refractivity contribution in [2.45, 2.75) is 52.0 Å². The fraction of sp³-hybridized carbons (Fsp3) is 0.769. The van der Waals surface area contributed by atoms with Crippen molar-refractivity contribution in [3.8, 4) is 0 Å². The molecule has 1 aliphatic heterocycles. The summed E-state index contributed by atoms with van der Waals surface area (Å²) in [6, 6.07) is 0.242. The molecule has 1 atom stereocenters. The Morgan fingerprint density at radius 1 is 1.50 bits per heavy atom. The van der Waals surface area contributed by atoms with E-state index in [9.17, 15) is 4.79 Å². The fourth-order valence-electron chi connectivity index (χ4n) is 2.34. The van der Waals surface area contributed by atoms with E-state index in [1.54, 1.807) is 0 Å². The smallest absolute Gasteiger partial charge is 0.249 e. The molecule has 3 nitrogen and oxygen atoms in total. The highest BCUT2D eigenvalue weighted by molar-refractivity contribution is 5.93. The van der Waals surface area contributed by atoms with Crippen LogP contribution in [0.25, 0.3) is 0 Å². The van der Waals surface area contributed by atoms with E-state index in [1.807, 2.05) is 24.8 Å². The summed E-state index contributed by atoms with van der Waals surface area (Å²) in [6.07, 6.45) is 6.89. The zero-order valence-electron chi connectivity index (χ0n) is 10.4. The van der Waals surface area contributed by atoms with Gasteiger partial charge in [-0.2, -0.15) is 0 Å². The molecule has 1 aliphatic rings. The number of piperidine rings is 1. The number of nitrogens with zero attached hydrogens (tertiary/aromatic N) is 1. The molecule has 0 bridgehead atoms. The van der Waals surface area contributed by atoms with Crippen LogP contribution in [0.5, 0.6) is 0 Å². The molecule has 1 unspecified atom stereocenters. The molecule has 1 amide bonds. The Kier molecular flexibility index (Phi) is 5.53. The molecule has 1 N–H and O–H groups in total. The number of aliphatic hydroxyl groups is 1. The minimum absolute atomic E-state index is 0.153. The van der Waals surface area contributed by atoms with Crippen molar-refractivity contribution in [3.05, 3.63) is 11.6 Å². The molecule has 3 heteroatoms. The van der Waals surface area contributed by atoms with E-state index in [0.29, 0.717) is 6.42 Å². The number of likely N-dealkylation sites (tertiary alicyclic amines) is 1. The van der Waals surface area contributed by atoms with Gasteiger partial charge in [0, 0.05) is 24.8 Å². The van der Waals surface area contributed by atoms with Crippen LogP contribution in [0, 0.1) is 0 Å². The first-order valence-corrected chi connectivity index (χ1v) is 6.29. The monoisotopic (exact) mass is 225 g/mol. The van der Waals surface area contributed by atoms with Gasteiger partial charge in [0.2, 0.25) is 5.91 Å². The lowest BCUT2D eigenvalue weighted by Crippen LogP contribution is -2.44. The number of amides is 1. The van der Waals surface area contributed by atoms with Crippen molar-refractivity contribution < 1.29 is 9.90 Å². The van der Waals surface area contributed by atoms with Gasteiger partial charge in [-0.1, -0.05) is 13.0 Å². The summed E-state index contributed by atoms with van der Waals surface area (Å²) in [4.78, 5) is 14.1. The van der Waals surface area contributed by atoms with Crippen LogP contribution in [0.15, 0.2) is 11.6 Å². The largest absolute Gasteiger partial charge is 0.396 e. The third kappa shape index (κ3) is 3.34. The van der Waals surface area contributed by atoms with E-state index in [0.717, 1.165) is 31.4 Å². The van der Waals surface area contributed by atoms with Crippen LogP contribution in [0.4, 0.5) is 0 Å². The van der Waals surface area contributed by atoms with Crippen LogP contribution in [0.2, 0.25) is 0 Å². The highest BCUT2D eigenvalue weighted by atomic mass is 16.3. The predicted molar refractivity (Wildman–Crippen MR) is 65.1 cm³/mol. The second kappa shape index (κ2) is 6.69. The first-order valence-electron chi connectivity index (χ1n) is 6.29. The van der Waals surface area contributed by atoms with E-state index in [2.05, 4.69) is 0 Å². The van der Waals surface area contributed by atoms with Crippen molar-refractivity contribution in [2.24, 2.45) is 0 Å². The SMILES string of the molecule is CC/C=C(\C)C(=O)N1CCCCC1CCO. The van der Waals surface area contributed by atoms with Gasteiger partial charge in [0.05, 0.1) is 0 Å². The summed E-state index contributed by atoms with van der Waals surface area (Å²) in [5, 5.41) is 9.01. The molecule has 0 aromatic heterocycles. The maximum absolute atomic E-state index is 12.1. The fourth-order valence-corrected chi connectivity index (χ4v) is 2.34. The molecule has 1 saturated heterocycles. The Morgan fingerprint density at radius 3 is 2.88 bits per heavy atom. The molecule has 16 heavy (non-hydrogen) atoms. The van der Waals surface area contributed by atoms with Gasteiger partial charge in [0.1, 0.15) is 0 Å². The molecule has 0 radical (unpaired) electrons. The molecular formula is C13H23NO2. The van der Waals surface area contributed by atoms with Gasteiger partial charge >= 0.3 is 0 Å². The molecule has 0 spiro atoms. The summed E-state index contributed by atoms with van der Waals surface area (Å²) in [5.74, 6) is 0.153. The molecule has 0 aliphatic carbocycles. The molecule has 1 fully saturated rings. The minimum Gasteiger partial charge on any atom is -0.396 e. The molecule has 0 aromatic rings. The van der Waals surface area contributed by atoms with Crippen LogP contribution in [0.3, 0.4) is 0 Å². The van der Waals surface area contributed by atoms with Gasteiger partial charge in [-0.25, -0.2) is 0 Å². The van der Waals surface area contributed by atoms with Crippen molar-refractivity contribution in [2.75, 3.05) is 13.2 Å². The molecule has 0 saturated carbocycles. The zero-order valence-corrected chi connectivity index (χ0v) is 10.4. The first kappa shape index (κ1) is 13.2. The number of aliphatic hydroxyl groups excluding tert-OH is 1. The average molecular weight is 225 g/mol. The number of hydrogen-bond donors (Lipinski definition) is 1. The van der Waals surface area contributed by atoms with Gasteiger partial charge in [0.15, 0.2) is 0 Å². The van der Waals surface area contributed by atoms with Gasteiger partial charge in [-0.05, 0) is 39.0 Å². The van der Waals surface area contributed by atoms with Crippen molar-refractivity contribution in [1.82, 2.24) is 4.90 Å². The Hall–Kier alpha value is -0.830. The van der Waals surface area contributed by atoms with Crippen LogP contribution in [-0.2, 0) is 4.79 Å². The Labute approximate surface area is 98.1 Å². The number of carbonyl (C=O) groups is 1. The van der Waals surface area contributed by atoms with Gasteiger partial charge < -0.3 is 10.0 Å². The quantitative estimate of drug-likeness (QED) is 0.744. The normalized spacial score (nSPS) is 22.3. The standard InChI is InChI=1S/C13H23NO2/c1-3-6-11(2)13(16)14-9-5-4-7-12(14)8-10-15/h6,12,15H,3-5,7-10H2,1-2H3/b11-6+. The van der Waals surface area contributed by atoms with Crippen LogP contribution < -0.4 is 0 Å². The number of rotatable bonds is 4. The molecule has 0 aromatic carbocycles. The Bertz CT molecular complexity index is 259. The van der Waals surface area contributed by atoms with Gasteiger partial charge in [-0.15, -0.1) is 0 Å². The summed E-state index contributed by atoms with van der Waals surface area (Å²) >= 11 is 0. The van der Waals surface area contributed by atoms with Crippen molar-refractivity contribution in [3.63, 3.8) is 0 Å². The van der Waals surface area contributed by atoms with E-state index < -0.39 is 0 Å². The highest BCUT2D eigenvalue weighted by Crippen LogP contribution is 2.21. The second-order valence-corrected chi connectivity index (χ2v) is 4.46. The molecule has 1 heterocycles. The van der Waals surface area contributed by atoms with Gasteiger partial charge in [-0.3, -0.25) is 4.79 Å². The van der Waals surface area contributed by atoms with Crippen molar-refractivity contribution >= 4 is 5.91 Å². The lowest BCUT2D eigenvalue weighted by molar-refractivity contribution is -0.131. The summed E-state index contributed by atoms with van der Waals surface area (Å²) in [7, 11) is 0. The van der Waals surface area contributed by atoms with Gasteiger partial charge in [0.25, 0.3) is 0 Å². The maximum Gasteiger partial charge on any atom is 0.249 e. The Balaban J connectivity index is 2.67. The minimum atomic E-state index is 0.153. The highest BCUT2D eigenvalue weighted by Gasteiger charge is 2.26. The third-order valence-electron chi connectivity index (χ3n) is 3.20. The third-order valence-corrected chi connectivity index (χ3v) is 3.20. The Morgan fingerprint density at radius 2 is 2.25 bits per heavy atom. The predicted octanol–water partition coefficient (Wildman–Crippen LogP) is 2.11. The number of carbonyl (C=O) groups excluding carboxylic acids is 1. The van der Waals surface area contributed by atoms with Crippen molar-refractivity contribution in [1.29, 1.82) is 0 Å². The molecular weight excluding hydrogens is 202 g/mol. The average Bonchev–Trinajstić information content (AvgIpc) is 2.29. The van der Waals surface area contributed by atoms with E-state index in [-0.39, 0.29) is 18.6 Å². The summed E-state index contributed by atoms with van der Waals surface area (Å²) < 4.78 is 0. The van der Waals surface area contributed by atoms with Crippen LogP contribution >= 0.6 is 0 Å². The summed E-state index contributed by atoms with van der Waals surface area (Å²) in [5.41, 5.74) is 0.840. The number of allylic oxidation sites excluding steroid dienone is 1.